The summed E-state index contributed by atoms with van der Waals surface area (Å²) >= 11 is 0. The number of nitrogens with two attached hydrogens (primary N) is 1. The summed E-state index contributed by atoms with van der Waals surface area (Å²) in [5.41, 5.74) is 4.80. The Labute approximate surface area is 603 Å². The Morgan fingerprint density at radius 3 is 2.28 bits per heavy atom. The minimum Gasteiger partial charge on any atom is -0.507 e. The van der Waals surface area contributed by atoms with Crippen LogP contribution < -0.4 is 58.0 Å². The van der Waals surface area contributed by atoms with E-state index < -0.39 is 93.1 Å². The Hall–Kier alpha value is -10.8. The number of urea groups is 1. The third kappa shape index (κ3) is 17.6. The number of aromatic hydroxyl groups is 1. The maximum absolute atomic E-state index is 15.2. The van der Waals surface area contributed by atoms with Gasteiger partial charge in [-0.15, -0.1) is 13.0 Å². The van der Waals surface area contributed by atoms with E-state index >= 15 is 4.79 Å². The number of aliphatic hydroxyl groups is 1. The number of allylic oxidation sites excluding steroid dienone is 5. The second kappa shape index (κ2) is 33.1. The molecule has 5 heterocycles. The number of aromatic nitrogens is 1. The van der Waals surface area contributed by atoms with Crippen LogP contribution >= 0.6 is 0 Å². The Morgan fingerprint density at radius 1 is 0.923 bits per heavy atom. The number of phenolic OH excluding ortho intramolecular Hbond substituents is 1. The molecular formula is C78H95N10O16+. The maximum atomic E-state index is 15.2. The molecule has 9 atom stereocenters. The Morgan fingerprint density at radius 2 is 1.62 bits per heavy atom. The van der Waals surface area contributed by atoms with E-state index in [1.54, 1.807) is 64.1 Å². The Kier molecular flexibility index (Phi) is 24.6. The number of carbonyl (C=O) groups excluding carboxylic acids is 8. The van der Waals surface area contributed by atoms with Crippen LogP contribution in [0.25, 0.3) is 38.7 Å². The molecule has 104 heavy (non-hydrogen) atoms. The summed E-state index contributed by atoms with van der Waals surface area (Å²) in [6.07, 6.45) is 21.8. The number of hydrogen-bond acceptors (Lipinski definition) is 18. The molecule has 4 aromatic carbocycles. The SMILES string of the molecule is C#CC12OC=CCC(C)C(OC(C)=O)C(C)CC(C=C)CC(C)C=CC=C(C)C(=O)Nc3c(=O)c4c(O)c(C)c(c(c4c4nc5c(=O)cc(N6CC[N+](C)(Cc7ccc(NC(=O)C(NC(=O)C(NC(=O)CCCCCN8C(=O)C=CC8=O)C(C)C)C(C)CCNC(N)=O)cc7)CC6)cc5oc34)=C1O)O2. The average molecular weight is 1430 g/mol. The van der Waals surface area contributed by atoms with Gasteiger partial charge in [0, 0.05) is 84.2 Å². The smallest absolute Gasteiger partial charge is 0.378 e. The van der Waals surface area contributed by atoms with Gasteiger partial charge in [0.2, 0.25) is 34.3 Å². The summed E-state index contributed by atoms with van der Waals surface area (Å²) in [5.74, 6) is -5.90. The number of ether oxygens (including phenoxy) is 3. The molecule has 4 bridgehead atoms. The van der Waals surface area contributed by atoms with E-state index in [-0.39, 0.29) is 123 Å². The van der Waals surface area contributed by atoms with Crippen molar-refractivity contribution in [3.8, 4) is 23.8 Å². The van der Waals surface area contributed by atoms with Crippen LogP contribution in [-0.4, -0.2) is 142 Å². The predicted molar refractivity (Wildman–Crippen MR) is 395 cm³/mol. The average Bonchev–Trinajstić information content (AvgIpc) is 1.40. The van der Waals surface area contributed by atoms with Crippen LogP contribution in [0.4, 0.5) is 21.9 Å². The number of nitrogens with zero attached hydrogens (tertiary/aromatic N) is 4. The fourth-order valence-corrected chi connectivity index (χ4v) is 14.0. The van der Waals surface area contributed by atoms with Crippen molar-refractivity contribution in [3.05, 3.63) is 134 Å². The van der Waals surface area contributed by atoms with Crippen molar-refractivity contribution in [1.82, 2.24) is 25.8 Å². The number of fused-ring (bicyclic) bond motifs is 2. The van der Waals surface area contributed by atoms with Crippen LogP contribution in [0.5, 0.6) is 11.5 Å². The number of amides is 8. The summed E-state index contributed by atoms with van der Waals surface area (Å²) in [6, 6.07) is 7.55. The van der Waals surface area contributed by atoms with Crippen LogP contribution in [0.1, 0.15) is 118 Å². The lowest BCUT2D eigenvalue weighted by molar-refractivity contribution is -0.923. The first-order chi connectivity index (χ1) is 49.4. The standard InChI is InChI=1S/C78H94N10O16/c1-13-51-38-44(5)20-18-21-47(8)74(97)85-67-69(95)61-60(62-71(49(10)68(61)94)104-78(14-2,73(62)96)101-37-19-22-46(7)70(48(9)39-51)102-50(11)89)66-72(67)103-56-41-54(40-55(90)65(56)83-66)86-33-35-88(12,36-34-86)42-52-24-26-53(27-25-52)81-76(99)64(45(6)30-31-80-77(79)100)84-75(98)63(43(3)4)82-57(91)23-16-15-17-32-87-58(92)28-29-59(87)93/h2,13,18-21,24-29,37,40-41,43-46,48,51,63-64,70H,1,15-17,22-23,30-36,38-39,42H2,3-12H3,(H8-,79,80,81,82,83,84,85,90,91,92,93,94,95,96,97,98,99,100)/p+1. The molecule has 8 amide bonds. The first-order valence-electron chi connectivity index (χ1n) is 35.3. The van der Waals surface area contributed by atoms with Gasteiger partial charge in [0.1, 0.15) is 47.4 Å². The number of rotatable bonds is 21. The van der Waals surface area contributed by atoms with Gasteiger partial charge in [0.05, 0.1) is 50.1 Å². The molecule has 4 aliphatic rings. The van der Waals surface area contributed by atoms with Crippen molar-refractivity contribution < 1.29 is 71.7 Å². The molecule has 0 saturated carbocycles. The number of terminal acetylenes is 1. The van der Waals surface area contributed by atoms with Crippen molar-refractivity contribution in [2.75, 3.05) is 61.8 Å². The van der Waals surface area contributed by atoms with Gasteiger partial charge in [-0.3, -0.25) is 48.1 Å². The fraction of sp³-hybridized carbons (Fsp3) is 0.449. The number of aliphatic hydroxyl groups excluding tert-OH is 1. The first kappa shape index (κ1) is 77.4. The zero-order valence-electron chi connectivity index (χ0n) is 60.6. The number of piperazine rings is 1. The van der Waals surface area contributed by atoms with Crippen LogP contribution in [-0.2, 0) is 49.6 Å². The van der Waals surface area contributed by atoms with E-state index in [4.69, 9.17) is 35.8 Å². The molecule has 0 radical (unpaired) electrons. The molecule has 1 aromatic heterocycles. The van der Waals surface area contributed by atoms with Gasteiger partial charge in [-0.05, 0) is 112 Å². The van der Waals surface area contributed by atoms with Gasteiger partial charge in [0.25, 0.3) is 17.7 Å². The van der Waals surface area contributed by atoms with Gasteiger partial charge < -0.3 is 70.5 Å². The van der Waals surface area contributed by atoms with Crippen LogP contribution in [0, 0.1) is 54.8 Å². The molecule has 5 aromatic rings. The normalized spacial score (nSPS) is 21.6. The molecule has 26 nitrogen and oxygen atoms in total. The molecule has 9 unspecified atom stereocenters. The van der Waals surface area contributed by atoms with Gasteiger partial charge in [-0.25, -0.2) is 9.78 Å². The molecular weight excluding hydrogens is 1330 g/mol. The number of nitrogens with one attached hydrogen (secondary N) is 5. The largest absolute Gasteiger partial charge is 0.507 e. The van der Waals surface area contributed by atoms with Crippen molar-refractivity contribution >= 4 is 103 Å². The fourth-order valence-electron chi connectivity index (χ4n) is 14.0. The molecule has 4 aliphatic heterocycles. The Bertz CT molecular complexity index is 4550. The zero-order chi connectivity index (χ0) is 75.6. The molecule has 1 fully saturated rings. The van der Waals surface area contributed by atoms with Crippen molar-refractivity contribution in [2.24, 2.45) is 41.2 Å². The van der Waals surface area contributed by atoms with E-state index in [9.17, 15) is 53.4 Å². The van der Waals surface area contributed by atoms with Crippen LogP contribution in [0.3, 0.4) is 0 Å². The Balaban J connectivity index is 0.950. The van der Waals surface area contributed by atoms with Gasteiger partial charge >= 0.3 is 17.8 Å². The molecule has 0 spiro atoms. The second-order valence-electron chi connectivity index (χ2n) is 28.6. The number of unbranched alkanes of at least 4 members (excludes halogenated alkanes) is 2. The van der Waals surface area contributed by atoms with E-state index in [0.717, 1.165) is 10.5 Å². The summed E-state index contributed by atoms with van der Waals surface area (Å²) in [4.78, 5) is 141. The van der Waals surface area contributed by atoms with E-state index in [0.29, 0.717) is 87.1 Å². The molecule has 26 heteroatoms. The highest BCUT2D eigenvalue weighted by Crippen LogP contribution is 2.43. The first-order valence-corrected chi connectivity index (χ1v) is 35.3. The minimum absolute atomic E-state index is 0.0161. The second-order valence-corrected chi connectivity index (χ2v) is 28.6. The number of likely N-dealkylation sites (N-methyl/N-ethyl adjacent to an activating group) is 1. The summed E-state index contributed by atoms with van der Waals surface area (Å²) in [5, 5.41) is 37.5. The molecule has 9 N–H and O–H groups in total. The van der Waals surface area contributed by atoms with Crippen molar-refractivity contribution in [3.63, 3.8) is 0 Å². The highest BCUT2D eigenvalue weighted by molar-refractivity contribution is 6.17. The quantitative estimate of drug-likeness (QED) is 0.00504. The van der Waals surface area contributed by atoms with E-state index in [2.05, 4.69) is 46.1 Å². The number of quaternary nitrogens is 1. The summed E-state index contributed by atoms with van der Waals surface area (Å²) in [6.45, 7) is 22.9. The number of anilines is 3. The number of hydrogen-bond donors (Lipinski definition) is 8. The molecule has 1 saturated heterocycles. The lowest BCUT2D eigenvalue weighted by Gasteiger charge is -2.43. The van der Waals surface area contributed by atoms with Crippen LogP contribution in [0.2, 0.25) is 0 Å². The minimum atomic E-state index is -2.35. The van der Waals surface area contributed by atoms with Gasteiger partial charge in [-0.2, -0.15) is 0 Å². The van der Waals surface area contributed by atoms with E-state index in [1.165, 1.54) is 38.3 Å². The van der Waals surface area contributed by atoms with Gasteiger partial charge in [-0.1, -0.05) is 84.4 Å². The third-order valence-corrected chi connectivity index (χ3v) is 20.0. The number of carbonyl (C=O) groups is 8. The number of phenols is 1. The summed E-state index contributed by atoms with van der Waals surface area (Å²) in [7, 11) is 2.11. The van der Waals surface area contributed by atoms with Gasteiger partial charge in [0.15, 0.2) is 16.7 Å². The lowest BCUT2D eigenvalue weighted by Crippen LogP contribution is -2.56. The monoisotopic (exact) mass is 1430 g/mol. The highest BCUT2D eigenvalue weighted by atomic mass is 16.7. The summed E-state index contributed by atoms with van der Waals surface area (Å²) < 4.78 is 25.5. The van der Waals surface area contributed by atoms with E-state index in [1.807, 2.05) is 50.0 Å². The molecule has 552 valence electrons. The molecule has 9 rings (SSSR count). The highest BCUT2D eigenvalue weighted by Gasteiger charge is 2.47. The number of imide groups is 1. The maximum Gasteiger partial charge on any atom is 0.378 e. The van der Waals surface area contributed by atoms with Crippen molar-refractivity contribution in [2.45, 2.75) is 144 Å². The number of primary amides is 1. The van der Waals surface area contributed by atoms with Crippen LogP contribution in [0.15, 0.2) is 111 Å². The third-order valence-electron chi connectivity index (χ3n) is 20.0. The van der Waals surface area contributed by atoms with Crippen molar-refractivity contribution in [1.29, 1.82) is 0 Å². The predicted octanol–water partition coefficient (Wildman–Crippen LogP) is 7.98. The number of esters is 1. The number of benzene rings is 4. The topological polar surface area (TPSA) is 358 Å². The molecule has 0 aliphatic carbocycles. The zero-order valence-corrected chi connectivity index (χ0v) is 60.6. The lowest BCUT2D eigenvalue weighted by atomic mass is 9.82.